The van der Waals surface area contributed by atoms with E-state index >= 15 is 0 Å². The van der Waals surface area contributed by atoms with Crippen molar-refractivity contribution in [2.24, 2.45) is 5.73 Å². The van der Waals surface area contributed by atoms with E-state index in [0.717, 1.165) is 12.0 Å². The third-order valence-corrected chi connectivity index (χ3v) is 5.36. The molecule has 2 N–H and O–H groups in total. The van der Waals surface area contributed by atoms with Gasteiger partial charge in [-0.05, 0) is 49.6 Å². The Kier molecular flexibility index (Phi) is 4.17. The van der Waals surface area contributed by atoms with Gasteiger partial charge in [-0.15, -0.1) is 0 Å². The molecule has 2 nitrogen and oxygen atoms in total. The zero-order valence-electron chi connectivity index (χ0n) is 10.9. The molecule has 2 atom stereocenters. The fourth-order valence-corrected chi connectivity index (χ4v) is 3.74. The van der Waals surface area contributed by atoms with Gasteiger partial charge < -0.3 is 10.5 Å². The van der Waals surface area contributed by atoms with Gasteiger partial charge in [0.2, 0.25) is 0 Å². The Labute approximate surface area is 112 Å². The highest BCUT2D eigenvalue weighted by Gasteiger charge is 2.35. The largest absolute Gasteiger partial charge is 0.494 e. The van der Waals surface area contributed by atoms with Crippen LogP contribution in [0.5, 0.6) is 5.75 Å². The number of hydrogen-bond donors (Lipinski definition) is 1. The predicted molar refractivity (Wildman–Crippen MR) is 74.7 cm³/mol. The van der Waals surface area contributed by atoms with E-state index in [1.165, 1.54) is 25.3 Å². The summed E-state index contributed by atoms with van der Waals surface area (Å²) in [6.07, 6.45) is 3.09. The van der Waals surface area contributed by atoms with Gasteiger partial charge in [0.25, 0.3) is 0 Å². The molecule has 0 saturated carbocycles. The van der Waals surface area contributed by atoms with Crippen LogP contribution >= 0.6 is 11.8 Å². The van der Waals surface area contributed by atoms with Crippen LogP contribution in [0.4, 0.5) is 4.39 Å². The molecule has 1 aromatic rings. The van der Waals surface area contributed by atoms with Crippen molar-refractivity contribution in [1.82, 2.24) is 0 Å². The van der Waals surface area contributed by atoms with Crippen molar-refractivity contribution < 1.29 is 9.13 Å². The smallest absolute Gasteiger partial charge is 0.165 e. The zero-order chi connectivity index (χ0) is 13.2. The van der Waals surface area contributed by atoms with Gasteiger partial charge in [0, 0.05) is 10.8 Å². The molecule has 2 rings (SSSR count). The third-order valence-electron chi connectivity index (χ3n) is 3.71. The van der Waals surface area contributed by atoms with Crippen LogP contribution in [0.25, 0.3) is 0 Å². The van der Waals surface area contributed by atoms with E-state index in [4.69, 9.17) is 10.5 Å². The van der Waals surface area contributed by atoms with E-state index in [9.17, 15) is 4.39 Å². The zero-order valence-corrected chi connectivity index (χ0v) is 11.7. The van der Waals surface area contributed by atoms with Gasteiger partial charge in [-0.3, -0.25) is 0 Å². The van der Waals surface area contributed by atoms with Crippen LogP contribution in [0.2, 0.25) is 0 Å². The van der Waals surface area contributed by atoms with Crippen LogP contribution in [-0.2, 0) is 6.42 Å². The summed E-state index contributed by atoms with van der Waals surface area (Å²) in [7, 11) is 1.47. The Morgan fingerprint density at radius 3 is 2.89 bits per heavy atom. The van der Waals surface area contributed by atoms with E-state index in [1.807, 2.05) is 17.8 Å². The highest BCUT2D eigenvalue weighted by molar-refractivity contribution is 8.00. The summed E-state index contributed by atoms with van der Waals surface area (Å²) >= 11 is 1.94. The maximum absolute atomic E-state index is 13.6. The van der Waals surface area contributed by atoms with Crippen LogP contribution in [0.1, 0.15) is 25.3 Å². The first kappa shape index (κ1) is 13.7. The van der Waals surface area contributed by atoms with E-state index in [0.29, 0.717) is 6.42 Å². The normalized spacial score (nSPS) is 25.1. The summed E-state index contributed by atoms with van der Waals surface area (Å²) in [4.78, 5) is 0. The number of halogens is 1. The monoisotopic (exact) mass is 269 g/mol. The Hall–Kier alpha value is -0.740. The summed E-state index contributed by atoms with van der Waals surface area (Å²) < 4.78 is 18.7. The van der Waals surface area contributed by atoms with Crippen LogP contribution in [0.3, 0.4) is 0 Å². The molecule has 2 unspecified atom stereocenters. The minimum absolute atomic E-state index is 0.0674. The van der Waals surface area contributed by atoms with Crippen LogP contribution < -0.4 is 10.5 Å². The molecule has 1 aliphatic heterocycles. The first-order valence-corrected chi connectivity index (χ1v) is 7.26. The van der Waals surface area contributed by atoms with Crippen molar-refractivity contribution in [3.05, 3.63) is 29.6 Å². The van der Waals surface area contributed by atoms with E-state index < -0.39 is 0 Å². The van der Waals surface area contributed by atoms with Crippen molar-refractivity contribution in [1.29, 1.82) is 0 Å². The van der Waals surface area contributed by atoms with Gasteiger partial charge in [-0.1, -0.05) is 6.07 Å². The molecule has 4 heteroatoms. The van der Waals surface area contributed by atoms with E-state index in [1.54, 1.807) is 6.07 Å². The maximum Gasteiger partial charge on any atom is 0.165 e. The van der Waals surface area contributed by atoms with Gasteiger partial charge in [0.1, 0.15) is 0 Å². The van der Waals surface area contributed by atoms with Crippen LogP contribution in [0, 0.1) is 5.82 Å². The highest BCUT2D eigenvalue weighted by Crippen LogP contribution is 2.40. The molecule has 0 bridgehead atoms. The first-order chi connectivity index (χ1) is 8.55. The lowest BCUT2D eigenvalue weighted by molar-refractivity contribution is 0.385. The van der Waals surface area contributed by atoms with Crippen molar-refractivity contribution in [2.75, 3.05) is 12.9 Å². The maximum atomic E-state index is 13.6. The fraction of sp³-hybridized carbons (Fsp3) is 0.571. The minimum Gasteiger partial charge on any atom is -0.494 e. The number of ether oxygens (including phenoxy) is 1. The van der Waals surface area contributed by atoms with Gasteiger partial charge >= 0.3 is 0 Å². The van der Waals surface area contributed by atoms with E-state index in [-0.39, 0.29) is 22.4 Å². The summed E-state index contributed by atoms with van der Waals surface area (Å²) in [5.41, 5.74) is 7.23. The second-order valence-corrected chi connectivity index (χ2v) is 6.67. The highest BCUT2D eigenvalue weighted by atomic mass is 32.2. The van der Waals surface area contributed by atoms with Crippen LogP contribution in [-0.4, -0.2) is 23.7 Å². The molecule has 100 valence electrons. The third kappa shape index (κ3) is 2.81. The molecule has 1 saturated heterocycles. The summed E-state index contributed by atoms with van der Waals surface area (Å²) in [5.74, 6) is 1.15. The molecule has 1 heterocycles. The van der Waals surface area contributed by atoms with Gasteiger partial charge in [-0.25, -0.2) is 4.39 Å². The molecular formula is C14H20FNOS. The second kappa shape index (κ2) is 5.49. The van der Waals surface area contributed by atoms with Gasteiger partial charge in [-0.2, -0.15) is 11.8 Å². The molecule has 1 aromatic carbocycles. The Morgan fingerprint density at radius 1 is 1.56 bits per heavy atom. The molecule has 0 aromatic heterocycles. The molecule has 0 amide bonds. The average molecular weight is 269 g/mol. The summed E-state index contributed by atoms with van der Waals surface area (Å²) in [6, 6.07) is 5.16. The molecular weight excluding hydrogens is 249 g/mol. The number of hydrogen-bond acceptors (Lipinski definition) is 3. The lowest BCUT2D eigenvalue weighted by Crippen LogP contribution is -2.42. The SMILES string of the molecule is COc1ccc(CC(N)C2(C)CCCS2)cc1F. The average Bonchev–Trinajstić information content (AvgIpc) is 2.78. The van der Waals surface area contributed by atoms with Gasteiger partial charge in [0.05, 0.1) is 7.11 Å². The molecule has 0 spiro atoms. The fourth-order valence-electron chi connectivity index (χ4n) is 2.40. The second-order valence-electron chi connectivity index (χ2n) is 5.04. The number of nitrogens with two attached hydrogens (primary N) is 1. The Morgan fingerprint density at radius 2 is 2.33 bits per heavy atom. The Bertz CT molecular complexity index is 418. The number of thioether (sulfide) groups is 1. The van der Waals surface area contributed by atoms with Crippen molar-refractivity contribution in [2.45, 2.75) is 37.0 Å². The van der Waals surface area contributed by atoms with Crippen LogP contribution in [0.15, 0.2) is 18.2 Å². The first-order valence-electron chi connectivity index (χ1n) is 6.27. The summed E-state index contributed by atoms with van der Waals surface area (Å²) in [5, 5.41) is 0. The standard InChI is InChI=1S/C14H20FNOS/c1-14(6-3-7-18-14)13(16)9-10-4-5-12(17-2)11(15)8-10/h4-5,8,13H,3,6-7,9,16H2,1-2H3. The molecule has 1 aliphatic rings. The molecule has 1 fully saturated rings. The molecule has 18 heavy (non-hydrogen) atoms. The Balaban J connectivity index is 2.07. The van der Waals surface area contributed by atoms with Crippen molar-refractivity contribution in [3.8, 4) is 5.75 Å². The topological polar surface area (TPSA) is 35.2 Å². The van der Waals surface area contributed by atoms with E-state index in [2.05, 4.69) is 6.92 Å². The predicted octanol–water partition coefficient (Wildman–Crippen LogP) is 2.99. The number of methoxy groups -OCH3 is 1. The lowest BCUT2D eigenvalue weighted by atomic mass is 9.91. The molecule has 0 aliphatic carbocycles. The molecule has 0 radical (unpaired) electrons. The lowest BCUT2D eigenvalue weighted by Gasteiger charge is -2.30. The number of rotatable bonds is 4. The quantitative estimate of drug-likeness (QED) is 0.912. The summed E-state index contributed by atoms with van der Waals surface area (Å²) in [6.45, 7) is 2.22. The van der Waals surface area contributed by atoms with Crippen molar-refractivity contribution >= 4 is 11.8 Å². The van der Waals surface area contributed by atoms with Crippen molar-refractivity contribution in [3.63, 3.8) is 0 Å². The number of benzene rings is 1. The minimum atomic E-state index is -0.313. The van der Waals surface area contributed by atoms with Gasteiger partial charge in [0.15, 0.2) is 11.6 Å².